The lowest BCUT2D eigenvalue weighted by Gasteiger charge is -2.35. The first kappa shape index (κ1) is 20.8. The van der Waals surface area contributed by atoms with Crippen molar-refractivity contribution in [3.63, 3.8) is 0 Å². The molecule has 0 saturated carbocycles. The predicted octanol–water partition coefficient (Wildman–Crippen LogP) is 1.90. The zero-order valence-electron chi connectivity index (χ0n) is 17.7. The number of amides is 1. The van der Waals surface area contributed by atoms with Gasteiger partial charge in [0.15, 0.2) is 17.0 Å². The predicted molar refractivity (Wildman–Crippen MR) is 123 cm³/mol. The van der Waals surface area contributed by atoms with Crippen LogP contribution in [0.5, 0.6) is 0 Å². The van der Waals surface area contributed by atoms with E-state index in [1.165, 1.54) is 12.1 Å². The lowest BCUT2D eigenvalue weighted by molar-refractivity contribution is -0.117. The maximum absolute atomic E-state index is 13.3. The van der Waals surface area contributed by atoms with Gasteiger partial charge in [-0.3, -0.25) is 14.7 Å². The Morgan fingerprint density at radius 1 is 1.09 bits per heavy atom. The molecule has 0 radical (unpaired) electrons. The van der Waals surface area contributed by atoms with Crippen LogP contribution in [0.1, 0.15) is 0 Å². The van der Waals surface area contributed by atoms with Crippen molar-refractivity contribution in [2.24, 2.45) is 0 Å². The second-order valence-electron chi connectivity index (χ2n) is 7.75. The molecule has 0 atom stereocenters. The third-order valence-corrected chi connectivity index (χ3v) is 5.45. The number of H-pyrrole nitrogens is 1. The summed E-state index contributed by atoms with van der Waals surface area (Å²) in [6.07, 6.45) is 3.28. The lowest BCUT2D eigenvalue weighted by Crippen LogP contribution is -2.49. The molecule has 0 aliphatic carbocycles. The van der Waals surface area contributed by atoms with E-state index < -0.39 is 0 Å². The number of benzene rings is 1. The zero-order valence-corrected chi connectivity index (χ0v) is 17.7. The minimum Gasteiger partial charge on any atom is -0.368 e. The smallest absolute Gasteiger partial charge is 0.238 e. The van der Waals surface area contributed by atoms with E-state index in [1.54, 1.807) is 36.7 Å². The van der Waals surface area contributed by atoms with Gasteiger partial charge < -0.3 is 20.9 Å². The summed E-state index contributed by atoms with van der Waals surface area (Å²) in [6, 6.07) is 9.65. The minimum absolute atomic E-state index is 0.0821. The first-order chi connectivity index (χ1) is 16.0. The van der Waals surface area contributed by atoms with Crippen LogP contribution in [-0.4, -0.2) is 68.5 Å². The Labute approximate surface area is 188 Å². The highest BCUT2D eigenvalue weighted by atomic mass is 19.1. The highest BCUT2D eigenvalue weighted by Crippen LogP contribution is 2.27. The number of aromatic amines is 1. The van der Waals surface area contributed by atoms with Crippen LogP contribution in [-0.2, 0) is 4.79 Å². The molecule has 33 heavy (non-hydrogen) atoms. The second kappa shape index (κ2) is 8.79. The summed E-state index contributed by atoms with van der Waals surface area (Å²) >= 11 is 0. The van der Waals surface area contributed by atoms with E-state index in [0.717, 1.165) is 5.56 Å². The van der Waals surface area contributed by atoms with Crippen molar-refractivity contribution < 1.29 is 9.18 Å². The fourth-order valence-electron chi connectivity index (χ4n) is 3.82. The number of carbonyl (C=O) groups is 1. The molecule has 1 aromatic carbocycles. The maximum Gasteiger partial charge on any atom is 0.238 e. The molecular formula is C22H22FN9O. The van der Waals surface area contributed by atoms with Crippen molar-refractivity contribution in [3.8, 4) is 11.4 Å². The SMILES string of the molecule is Nc1nc(N2CCN(CC(=O)Nc3cccnc3)CC2)c2nc(-c3ccc(F)cc3)[nH]c2n1. The Bertz CT molecular complexity index is 1270. The van der Waals surface area contributed by atoms with Crippen LogP contribution in [0, 0.1) is 5.82 Å². The standard InChI is InChI=1S/C22H22FN9O/c23-15-5-3-14(4-6-15)19-27-18-20(28-19)29-22(24)30-21(18)32-10-8-31(9-11-32)13-17(33)26-16-2-1-7-25-12-16/h1-7,12H,8-11,13H2,(H,26,33)(H3,24,27,28,29,30). The molecule has 0 bridgehead atoms. The van der Waals surface area contributed by atoms with Gasteiger partial charge in [-0.1, -0.05) is 0 Å². The minimum atomic E-state index is -0.313. The number of nitrogen functional groups attached to an aromatic ring is 1. The molecule has 4 aromatic rings. The highest BCUT2D eigenvalue weighted by molar-refractivity contribution is 5.92. The van der Waals surface area contributed by atoms with Gasteiger partial charge in [-0.05, 0) is 36.4 Å². The first-order valence-corrected chi connectivity index (χ1v) is 10.5. The number of imidazole rings is 1. The molecule has 4 N–H and O–H groups in total. The summed E-state index contributed by atoms with van der Waals surface area (Å²) in [5.41, 5.74) is 8.49. The van der Waals surface area contributed by atoms with Crippen LogP contribution in [0.4, 0.5) is 21.8 Å². The van der Waals surface area contributed by atoms with E-state index in [2.05, 4.69) is 40.0 Å². The summed E-state index contributed by atoms with van der Waals surface area (Å²) in [6.45, 7) is 2.97. The number of carbonyl (C=O) groups excluding carboxylic acids is 1. The average molecular weight is 447 g/mol. The molecule has 168 valence electrons. The van der Waals surface area contributed by atoms with Gasteiger partial charge in [-0.2, -0.15) is 9.97 Å². The van der Waals surface area contributed by atoms with Crippen molar-refractivity contribution in [1.29, 1.82) is 0 Å². The molecular weight excluding hydrogens is 425 g/mol. The van der Waals surface area contributed by atoms with Crippen LogP contribution in [0.2, 0.25) is 0 Å². The number of nitrogens with two attached hydrogens (primary N) is 1. The van der Waals surface area contributed by atoms with E-state index in [4.69, 9.17) is 5.73 Å². The van der Waals surface area contributed by atoms with E-state index in [1.807, 2.05) is 0 Å². The monoisotopic (exact) mass is 447 g/mol. The fourth-order valence-corrected chi connectivity index (χ4v) is 3.82. The molecule has 11 heteroatoms. The summed E-state index contributed by atoms with van der Waals surface area (Å²) in [5, 5.41) is 2.85. The number of anilines is 3. The Hall–Kier alpha value is -4.12. The number of nitrogens with one attached hydrogen (secondary N) is 2. The molecule has 1 aliphatic heterocycles. The number of halogens is 1. The van der Waals surface area contributed by atoms with Gasteiger partial charge in [0.2, 0.25) is 11.9 Å². The molecule has 10 nitrogen and oxygen atoms in total. The molecule has 1 aliphatic rings. The number of aromatic nitrogens is 5. The Morgan fingerprint density at radius 2 is 1.88 bits per heavy atom. The molecule has 5 rings (SSSR count). The molecule has 3 aromatic heterocycles. The Kier molecular flexibility index (Phi) is 5.53. The number of fused-ring (bicyclic) bond motifs is 1. The van der Waals surface area contributed by atoms with Gasteiger partial charge in [0.1, 0.15) is 11.6 Å². The van der Waals surface area contributed by atoms with E-state index in [-0.39, 0.29) is 17.7 Å². The fraction of sp³-hybridized carbons (Fsp3) is 0.227. The summed E-state index contributed by atoms with van der Waals surface area (Å²) in [4.78, 5) is 37.0. The van der Waals surface area contributed by atoms with Gasteiger partial charge in [-0.15, -0.1) is 0 Å². The van der Waals surface area contributed by atoms with Crippen molar-refractivity contribution in [1.82, 2.24) is 29.8 Å². The molecule has 0 spiro atoms. The normalized spacial score (nSPS) is 14.5. The number of pyridine rings is 1. The number of rotatable bonds is 5. The van der Waals surface area contributed by atoms with E-state index >= 15 is 0 Å². The number of hydrogen-bond donors (Lipinski definition) is 3. The maximum atomic E-state index is 13.3. The zero-order chi connectivity index (χ0) is 22.8. The average Bonchev–Trinajstić information content (AvgIpc) is 3.24. The molecule has 0 unspecified atom stereocenters. The van der Waals surface area contributed by atoms with Crippen LogP contribution in [0.15, 0.2) is 48.8 Å². The van der Waals surface area contributed by atoms with Crippen LogP contribution in [0.25, 0.3) is 22.6 Å². The largest absolute Gasteiger partial charge is 0.368 e. The Morgan fingerprint density at radius 3 is 2.61 bits per heavy atom. The highest BCUT2D eigenvalue weighted by Gasteiger charge is 2.24. The number of nitrogens with zero attached hydrogens (tertiary/aromatic N) is 6. The lowest BCUT2D eigenvalue weighted by atomic mass is 10.2. The second-order valence-corrected chi connectivity index (χ2v) is 7.75. The molecule has 1 saturated heterocycles. The van der Waals surface area contributed by atoms with Crippen molar-refractivity contribution >= 4 is 34.5 Å². The van der Waals surface area contributed by atoms with Gasteiger partial charge in [0.05, 0.1) is 18.4 Å². The van der Waals surface area contributed by atoms with Crippen molar-refractivity contribution in [2.45, 2.75) is 0 Å². The summed E-state index contributed by atoms with van der Waals surface area (Å²) in [7, 11) is 0. The van der Waals surface area contributed by atoms with Gasteiger partial charge >= 0.3 is 0 Å². The third kappa shape index (κ3) is 4.58. The molecule has 1 amide bonds. The van der Waals surface area contributed by atoms with Gasteiger partial charge in [0.25, 0.3) is 0 Å². The van der Waals surface area contributed by atoms with Crippen LogP contribution in [0.3, 0.4) is 0 Å². The Balaban J connectivity index is 1.29. The summed E-state index contributed by atoms with van der Waals surface area (Å²) in [5.74, 6) is 0.955. The summed E-state index contributed by atoms with van der Waals surface area (Å²) < 4.78 is 13.3. The number of hydrogen-bond acceptors (Lipinski definition) is 8. The van der Waals surface area contributed by atoms with Crippen molar-refractivity contribution in [2.75, 3.05) is 48.7 Å². The van der Waals surface area contributed by atoms with Gasteiger partial charge in [0, 0.05) is 37.9 Å². The van der Waals surface area contributed by atoms with Crippen LogP contribution >= 0.6 is 0 Å². The van der Waals surface area contributed by atoms with E-state index in [9.17, 15) is 9.18 Å². The van der Waals surface area contributed by atoms with Crippen LogP contribution < -0.4 is 16.0 Å². The molecule has 1 fully saturated rings. The first-order valence-electron chi connectivity index (χ1n) is 10.5. The quantitative estimate of drug-likeness (QED) is 0.423. The third-order valence-electron chi connectivity index (χ3n) is 5.45. The van der Waals surface area contributed by atoms with Crippen molar-refractivity contribution in [3.05, 3.63) is 54.6 Å². The van der Waals surface area contributed by atoms with E-state index in [0.29, 0.717) is 61.2 Å². The van der Waals surface area contributed by atoms with Gasteiger partial charge in [-0.25, -0.2) is 9.37 Å². The topological polar surface area (TPSA) is 129 Å². The molecule has 4 heterocycles. The number of piperazine rings is 1.